The molecule has 9 nitrogen and oxygen atoms in total. The number of aromatic nitrogens is 1. The number of ether oxygens (including phenoxy) is 1. The highest BCUT2D eigenvalue weighted by Crippen LogP contribution is 2.18. The number of hydrogen-bond acceptors (Lipinski definition) is 6. The van der Waals surface area contributed by atoms with Gasteiger partial charge in [-0.3, -0.25) is 19.4 Å². The van der Waals surface area contributed by atoms with E-state index in [4.69, 9.17) is 4.74 Å². The lowest BCUT2D eigenvalue weighted by molar-refractivity contribution is -0.140. The second-order valence-corrected chi connectivity index (χ2v) is 9.40. The summed E-state index contributed by atoms with van der Waals surface area (Å²) in [6, 6.07) is 12.7. The maximum atomic E-state index is 13.2. The van der Waals surface area contributed by atoms with Crippen molar-refractivity contribution in [3.63, 3.8) is 0 Å². The first-order valence-electron chi connectivity index (χ1n) is 12.3. The van der Waals surface area contributed by atoms with E-state index in [9.17, 15) is 19.2 Å². The summed E-state index contributed by atoms with van der Waals surface area (Å²) in [4.78, 5) is 55.2. The van der Waals surface area contributed by atoms with E-state index >= 15 is 0 Å². The van der Waals surface area contributed by atoms with Crippen LogP contribution in [0.15, 0.2) is 54.7 Å². The molecule has 2 atom stereocenters. The number of alkyl carbamates (subject to hydrolysis) is 1. The number of ketones is 1. The first kappa shape index (κ1) is 26.8. The number of hydrogen-bond donors (Lipinski definition) is 3. The first-order valence-corrected chi connectivity index (χ1v) is 12.3. The number of nitrogens with one attached hydrogen (secondary N) is 3. The first-order chi connectivity index (χ1) is 17.3. The molecule has 2 aromatic rings. The van der Waals surface area contributed by atoms with Gasteiger partial charge in [-0.15, -0.1) is 0 Å². The molecule has 192 valence electrons. The number of benzene rings is 1. The van der Waals surface area contributed by atoms with Crippen molar-refractivity contribution in [1.29, 1.82) is 0 Å². The third-order valence-corrected chi connectivity index (χ3v) is 5.69. The van der Waals surface area contributed by atoms with E-state index in [0.29, 0.717) is 12.8 Å². The van der Waals surface area contributed by atoms with Crippen LogP contribution in [0.2, 0.25) is 0 Å². The van der Waals surface area contributed by atoms with Crippen molar-refractivity contribution in [3.8, 4) is 0 Å². The molecule has 0 spiro atoms. The second kappa shape index (κ2) is 13.4. The summed E-state index contributed by atoms with van der Waals surface area (Å²) >= 11 is 0. The molecule has 1 aromatic heterocycles. The van der Waals surface area contributed by atoms with Crippen molar-refractivity contribution in [2.24, 2.45) is 5.92 Å². The summed E-state index contributed by atoms with van der Waals surface area (Å²) in [7, 11) is 0. The fraction of sp³-hybridized carbons (Fsp3) is 0.444. The van der Waals surface area contributed by atoms with Gasteiger partial charge in [0.15, 0.2) is 0 Å². The fourth-order valence-electron chi connectivity index (χ4n) is 3.65. The van der Waals surface area contributed by atoms with Gasteiger partial charge in [0, 0.05) is 30.8 Å². The quantitative estimate of drug-likeness (QED) is 0.367. The highest BCUT2D eigenvalue weighted by Gasteiger charge is 2.33. The zero-order valence-corrected chi connectivity index (χ0v) is 20.7. The summed E-state index contributed by atoms with van der Waals surface area (Å²) < 4.78 is 5.24. The van der Waals surface area contributed by atoms with Crippen molar-refractivity contribution in [2.75, 3.05) is 6.61 Å². The van der Waals surface area contributed by atoms with E-state index in [1.807, 2.05) is 56.3 Å². The van der Waals surface area contributed by atoms with E-state index < -0.39 is 35.8 Å². The standard InChI is InChI=1S/C27H34N4O5/c1-18(2)16-23(31-27(35)36-15-13-20-10-6-7-14-28-20)25(33)30-22(17-19-8-4-3-5-9-19)24(32)26(34)29-21-11-12-21/h3-10,14,18,21-23H,11-13,15-17H2,1-2H3,(H,29,34)(H,30,33)(H,31,35)/t22-,23?/m0/s1. The van der Waals surface area contributed by atoms with E-state index in [1.165, 1.54) is 0 Å². The van der Waals surface area contributed by atoms with Gasteiger partial charge < -0.3 is 20.7 Å². The summed E-state index contributed by atoms with van der Waals surface area (Å²) in [5.74, 6) is -1.88. The number of nitrogens with zero attached hydrogens (tertiary/aromatic N) is 1. The van der Waals surface area contributed by atoms with Gasteiger partial charge in [-0.05, 0) is 42.9 Å². The number of rotatable bonds is 13. The monoisotopic (exact) mass is 494 g/mol. The van der Waals surface area contributed by atoms with Crippen LogP contribution in [-0.4, -0.2) is 53.4 Å². The molecule has 1 aromatic carbocycles. The van der Waals surface area contributed by atoms with Crippen LogP contribution in [0.25, 0.3) is 0 Å². The maximum absolute atomic E-state index is 13.2. The minimum absolute atomic E-state index is 0.0192. The molecule has 0 saturated heterocycles. The van der Waals surface area contributed by atoms with Crippen molar-refractivity contribution in [1.82, 2.24) is 20.9 Å². The Morgan fingerprint density at radius 2 is 1.69 bits per heavy atom. The van der Waals surface area contributed by atoms with Crippen LogP contribution in [0.5, 0.6) is 0 Å². The third-order valence-electron chi connectivity index (χ3n) is 5.69. The highest BCUT2D eigenvalue weighted by molar-refractivity contribution is 6.38. The summed E-state index contributed by atoms with van der Waals surface area (Å²) in [5, 5.41) is 8.00. The summed E-state index contributed by atoms with van der Waals surface area (Å²) in [6.45, 7) is 3.95. The van der Waals surface area contributed by atoms with Crippen molar-refractivity contribution >= 4 is 23.7 Å². The SMILES string of the molecule is CC(C)CC(NC(=O)OCCc1ccccn1)C(=O)N[C@@H](Cc1ccccc1)C(=O)C(=O)NC1CC1. The van der Waals surface area contributed by atoms with Crippen molar-refractivity contribution in [2.45, 2.75) is 64.1 Å². The average Bonchev–Trinajstić information content (AvgIpc) is 3.67. The van der Waals surface area contributed by atoms with Crippen LogP contribution >= 0.6 is 0 Å². The molecule has 9 heteroatoms. The van der Waals surface area contributed by atoms with Gasteiger partial charge in [0.2, 0.25) is 11.7 Å². The maximum Gasteiger partial charge on any atom is 0.407 e. The number of Topliss-reactive ketones (excluding diaryl/α,β-unsaturated/α-hetero) is 1. The molecule has 3 N–H and O–H groups in total. The lowest BCUT2D eigenvalue weighted by Gasteiger charge is -2.23. The van der Waals surface area contributed by atoms with E-state index in [1.54, 1.807) is 12.3 Å². The Bertz CT molecular complexity index is 1020. The number of amides is 3. The molecule has 1 unspecified atom stereocenters. The van der Waals surface area contributed by atoms with E-state index in [-0.39, 0.29) is 25.0 Å². The van der Waals surface area contributed by atoms with Crippen LogP contribution < -0.4 is 16.0 Å². The molecule has 1 saturated carbocycles. The molecule has 1 heterocycles. The molecule has 0 bridgehead atoms. The minimum Gasteiger partial charge on any atom is -0.449 e. The Hall–Kier alpha value is -3.75. The highest BCUT2D eigenvalue weighted by atomic mass is 16.5. The lowest BCUT2D eigenvalue weighted by atomic mass is 9.99. The molecule has 1 aliphatic carbocycles. The van der Waals surface area contributed by atoms with Gasteiger partial charge in [0.25, 0.3) is 5.91 Å². The third kappa shape index (κ3) is 9.13. The number of pyridine rings is 1. The Kier molecular flexibility index (Phi) is 9.97. The molecule has 36 heavy (non-hydrogen) atoms. The smallest absolute Gasteiger partial charge is 0.407 e. The van der Waals surface area contributed by atoms with Crippen LogP contribution in [0.3, 0.4) is 0 Å². The number of carbonyl (C=O) groups is 4. The largest absolute Gasteiger partial charge is 0.449 e. The predicted molar refractivity (Wildman–Crippen MR) is 134 cm³/mol. The second-order valence-electron chi connectivity index (χ2n) is 9.40. The van der Waals surface area contributed by atoms with Gasteiger partial charge in [-0.1, -0.05) is 50.2 Å². The Morgan fingerprint density at radius 1 is 0.972 bits per heavy atom. The zero-order valence-electron chi connectivity index (χ0n) is 20.7. The van der Waals surface area contributed by atoms with Gasteiger partial charge in [0.05, 0.1) is 6.61 Å². The summed E-state index contributed by atoms with van der Waals surface area (Å²) in [5.41, 5.74) is 1.59. The van der Waals surface area contributed by atoms with Crippen LogP contribution in [-0.2, 0) is 32.0 Å². The molecule has 1 fully saturated rings. The molecule has 3 amide bonds. The van der Waals surface area contributed by atoms with Gasteiger partial charge in [0.1, 0.15) is 12.1 Å². The fourth-order valence-corrected chi connectivity index (χ4v) is 3.65. The van der Waals surface area contributed by atoms with Crippen LogP contribution in [0.4, 0.5) is 4.79 Å². The average molecular weight is 495 g/mol. The molecular weight excluding hydrogens is 460 g/mol. The minimum atomic E-state index is -1.06. The molecule has 0 aliphatic heterocycles. The van der Waals surface area contributed by atoms with Crippen molar-refractivity contribution in [3.05, 3.63) is 66.0 Å². The summed E-state index contributed by atoms with van der Waals surface area (Å²) in [6.07, 6.45) is 3.56. The Morgan fingerprint density at radius 3 is 2.33 bits per heavy atom. The van der Waals surface area contributed by atoms with Crippen LogP contribution in [0, 0.1) is 5.92 Å². The van der Waals surface area contributed by atoms with Gasteiger partial charge in [-0.25, -0.2) is 4.79 Å². The van der Waals surface area contributed by atoms with E-state index in [0.717, 1.165) is 24.1 Å². The van der Waals surface area contributed by atoms with E-state index in [2.05, 4.69) is 20.9 Å². The predicted octanol–water partition coefficient (Wildman–Crippen LogP) is 2.34. The van der Waals surface area contributed by atoms with Crippen LogP contribution in [0.1, 0.15) is 44.4 Å². The molecule has 3 rings (SSSR count). The number of carbonyl (C=O) groups excluding carboxylic acids is 4. The Labute approximate surface area is 211 Å². The topological polar surface area (TPSA) is 126 Å². The lowest BCUT2D eigenvalue weighted by Crippen LogP contribution is -2.55. The van der Waals surface area contributed by atoms with Gasteiger partial charge >= 0.3 is 6.09 Å². The van der Waals surface area contributed by atoms with Gasteiger partial charge in [-0.2, -0.15) is 0 Å². The Balaban J connectivity index is 1.63. The molecule has 0 radical (unpaired) electrons. The van der Waals surface area contributed by atoms with Crippen molar-refractivity contribution < 1.29 is 23.9 Å². The molecule has 1 aliphatic rings. The zero-order chi connectivity index (χ0) is 25.9. The molecular formula is C27H34N4O5. The normalized spacial score (nSPS) is 14.4.